The first-order valence-electron chi connectivity index (χ1n) is 5.78. The number of carbonyl (C=O) groups is 1. The average molecular weight is 234 g/mol. The molecule has 0 aliphatic heterocycles. The molecule has 92 valence electrons. The predicted octanol–water partition coefficient (Wildman–Crippen LogP) is 2.49. The molecule has 17 heavy (non-hydrogen) atoms. The Hall–Kier alpha value is -1.76. The Morgan fingerprint density at radius 2 is 2.29 bits per heavy atom. The third-order valence-electron chi connectivity index (χ3n) is 2.60. The van der Waals surface area contributed by atoms with Crippen LogP contribution in [0, 0.1) is 24.2 Å². The van der Waals surface area contributed by atoms with E-state index in [-0.39, 0.29) is 5.91 Å². The Morgan fingerprint density at radius 3 is 2.76 bits per heavy atom. The number of rotatable bonds is 5. The molecule has 0 aliphatic carbocycles. The highest BCUT2D eigenvalue weighted by molar-refractivity contribution is 5.80. The second kappa shape index (κ2) is 6.09. The summed E-state index contributed by atoms with van der Waals surface area (Å²) in [5, 5.41) is 8.93. The van der Waals surface area contributed by atoms with Crippen LogP contribution >= 0.6 is 0 Å². The van der Waals surface area contributed by atoms with Gasteiger partial charge in [-0.15, -0.1) is 0 Å². The van der Waals surface area contributed by atoms with Crippen LogP contribution in [0.4, 0.5) is 0 Å². The molecule has 1 unspecified atom stereocenters. The second-order valence-electron chi connectivity index (χ2n) is 4.18. The van der Waals surface area contributed by atoms with Gasteiger partial charge in [0.15, 0.2) is 0 Å². The molecule has 1 aromatic heterocycles. The van der Waals surface area contributed by atoms with Crippen molar-refractivity contribution in [2.75, 3.05) is 7.05 Å². The largest absolute Gasteiger partial charge is 0.464 e. The monoisotopic (exact) mass is 234 g/mol. The topological polar surface area (TPSA) is 57.2 Å². The summed E-state index contributed by atoms with van der Waals surface area (Å²) in [6.07, 6.45) is 1.44. The summed E-state index contributed by atoms with van der Waals surface area (Å²) in [6, 6.07) is 5.76. The Morgan fingerprint density at radius 1 is 1.59 bits per heavy atom. The van der Waals surface area contributed by atoms with Crippen LogP contribution in [-0.2, 0) is 11.3 Å². The number of hydrogen-bond donors (Lipinski definition) is 0. The van der Waals surface area contributed by atoms with Crippen LogP contribution in [0.25, 0.3) is 0 Å². The van der Waals surface area contributed by atoms with Crippen LogP contribution in [0.5, 0.6) is 0 Å². The van der Waals surface area contributed by atoms with Crippen LogP contribution in [0.1, 0.15) is 31.3 Å². The van der Waals surface area contributed by atoms with Crippen molar-refractivity contribution in [3.05, 3.63) is 23.7 Å². The minimum Gasteiger partial charge on any atom is -0.464 e. The molecule has 1 aromatic rings. The van der Waals surface area contributed by atoms with Crippen molar-refractivity contribution in [3.63, 3.8) is 0 Å². The molecule has 0 spiro atoms. The highest BCUT2D eigenvalue weighted by atomic mass is 16.3. The van der Waals surface area contributed by atoms with E-state index in [4.69, 9.17) is 9.68 Å². The van der Waals surface area contributed by atoms with Crippen molar-refractivity contribution in [3.8, 4) is 6.07 Å². The minimum atomic E-state index is -0.541. The molecular weight excluding hydrogens is 216 g/mol. The second-order valence-corrected chi connectivity index (χ2v) is 4.18. The zero-order valence-corrected chi connectivity index (χ0v) is 10.6. The zero-order valence-electron chi connectivity index (χ0n) is 10.6. The minimum absolute atomic E-state index is 0.136. The molecule has 4 heteroatoms. The van der Waals surface area contributed by atoms with Gasteiger partial charge >= 0.3 is 0 Å². The highest BCUT2D eigenvalue weighted by Crippen LogP contribution is 2.13. The van der Waals surface area contributed by atoms with Gasteiger partial charge in [0, 0.05) is 7.05 Å². The first-order chi connectivity index (χ1) is 8.08. The lowest BCUT2D eigenvalue weighted by Gasteiger charge is -2.18. The van der Waals surface area contributed by atoms with Gasteiger partial charge in [-0.3, -0.25) is 4.79 Å². The van der Waals surface area contributed by atoms with Crippen molar-refractivity contribution < 1.29 is 9.21 Å². The molecule has 0 saturated heterocycles. The smallest absolute Gasteiger partial charge is 0.240 e. The highest BCUT2D eigenvalue weighted by Gasteiger charge is 2.21. The van der Waals surface area contributed by atoms with Crippen LogP contribution < -0.4 is 0 Å². The Kier molecular flexibility index (Phi) is 4.77. The van der Waals surface area contributed by atoms with E-state index in [1.165, 1.54) is 0 Å². The molecule has 1 rings (SSSR count). The van der Waals surface area contributed by atoms with Gasteiger partial charge in [-0.2, -0.15) is 5.26 Å². The Bertz CT molecular complexity index is 417. The van der Waals surface area contributed by atoms with Crippen LogP contribution in [0.2, 0.25) is 0 Å². The lowest BCUT2D eigenvalue weighted by molar-refractivity contribution is -0.133. The van der Waals surface area contributed by atoms with Crippen LogP contribution in [0.15, 0.2) is 16.5 Å². The van der Waals surface area contributed by atoms with Crippen molar-refractivity contribution >= 4 is 5.91 Å². The average Bonchev–Trinajstić information content (AvgIpc) is 2.70. The van der Waals surface area contributed by atoms with E-state index >= 15 is 0 Å². The Balaban J connectivity index is 2.60. The number of furan rings is 1. The molecule has 0 fully saturated rings. The first kappa shape index (κ1) is 13.3. The number of hydrogen-bond acceptors (Lipinski definition) is 3. The number of carbonyl (C=O) groups excluding carboxylic acids is 1. The maximum atomic E-state index is 11.9. The Labute approximate surface area is 102 Å². The van der Waals surface area contributed by atoms with Crippen molar-refractivity contribution in [1.29, 1.82) is 5.26 Å². The van der Waals surface area contributed by atoms with Gasteiger partial charge in [-0.1, -0.05) is 13.3 Å². The molecule has 1 amide bonds. The predicted molar refractivity (Wildman–Crippen MR) is 63.9 cm³/mol. The molecule has 0 aliphatic rings. The number of nitriles is 1. The number of nitrogens with zero attached hydrogens (tertiary/aromatic N) is 2. The van der Waals surface area contributed by atoms with E-state index in [1.54, 1.807) is 11.9 Å². The van der Waals surface area contributed by atoms with E-state index in [9.17, 15) is 4.79 Å². The van der Waals surface area contributed by atoms with E-state index in [1.807, 2.05) is 26.0 Å². The van der Waals surface area contributed by atoms with Crippen LogP contribution in [0.3, 0.4) is 0 Å². The molecule has 1 heterocycles. The molecule has 1 atom stereocenters. The maximum Gasteiger partial charge on any atom is 0.240 e. The third kappa shape index (κ3) is 3.63. The van der Waals surface area contributed by atoms with Gasteiger partial charge in [0.1, 0.15) is 17.4 Å². The lowest BCUT2D eigenvalue weighted by Crippen LogP contribution is -2.31. The van der Waals surface area contributed by atoms with Crippen LogP contribution in [-0.4, -0.2) is 17.9 Å². The van der Waals surface area contributed by atoms with Gasteiger partial charge < -0.3 is 9.32 Å². The maximum absolute atomic E-state index is 11.9. The number of aryl methyl sites for hydroxylation is 1. The van der Waals surface area contributed by atoms with Gasteiger partial charge in [-0.25, -0.2) is 0 Å². The molecule has 0 N–H and O–H groups in total. The fraction of sp³-hybridized carbons (Fsp3) is 0.538. The van der Waals surface area contributed by atoms with E-state index in [2.05, 4.69) is 6.07 Å². The molecule has 0 aromatic carbocycles. The molecular formula is C13H18N2O2. The quantitative estimate of drug-likeness (QED) is 0.786. The molecule has 0 saturated carbocycles. The van der Waals surface area contributed by atoms with Crippen molar-refractivity contribution in [1.82, 2.24) is 4.90 Å². The zero-order chi connectivity index (χ0) is 12.8. The fourth-order valence-corrected chi connectivity index (χ4v) is 1.68. The van der Waals surface area contributed by atoms with Gasteiger partial charge in [-0.05, 0) is 25.5 Å². The standard InChI is InChI=1S/C13H18N2O2/c1-4-5-11(8-14)13(16)15(3)9-12-7-6-10(2)17-12/h6-7,11H,4-5,9H2,1-3H3. The van der Waals surface area contributed by atoms with E-state index in [0.717, 1.165) is 17.9 Å². The third-order valence-corrected chi connectivity index (χ3v) is 2.60. The summed E-state index contributed by atoms with van der Waals surface area (Å²) in [5.74, 6) is 0.891. The lowest BCUT2D eigenvalue weighted by atomic mass is 10.0. The first-order valence-corrected chi connectivity index (χ1v) is 5.78. The summed E-state index contributed by atoms with van der Waals surface area (Å²) in [6.45, 7) is 4.24. The van der Waals surface area contributed by atoms with Crippen molar-refractivity contribution in [2.24, 2.45) is 5.92 Å². The normalized spacial score (nSPS) is 11.9. The van der Waals surface area contributed by atoms with Crippen molar-refractivity contribution in [2.45, 2.75) is 33.2 Å². The fourth-order valence-electron chi connectivity index (χ4n) is 1.68. The molecule has 0 bridgehead atoms. The van der Waals surface area contributed by atoms with E-state index in [0.29, 0.717) is 13.0 Å². The summed E-state index contributed by atoms with van der Waals surface area (Å²) in [5.41, 5.74) is 0. The summed E-state index contributed by atoms with van der Waals surface area (Å²) >= 11 is 0. The summed E-state index contributed by atoms with van der Waals surface area (Å²) in [7, 11) is 1.69. The summed E-state index contributed by atoms with van der Waals surface area (Å²) in [4.78, 5) is 13.5. The van der Waals surface area contributed by atoms with Gasteiger partial charge in [0.2, 0.25) is 5.91 Å². The number of amides is 1. The SMILES string of the molecule is CCCC(C#N)C(=O)N(C)Cc1ccc(C)o1. The molecule has 0 radical (unpaired) electrons. The summed E-state index contributed by atoms with van der Waals surface area (Å²) < 4.78 is 5.40. The van der Waals surface area contributed by atoms with E-state index < -0.39 is 5.92 Å². The molecule has 4 nitrogen and oxygen atoms in total. The van der Waals surface area contributed by atoms with Gasteiger partial charge in [0.25, 0.3) is 0 Å². The van der Waals surface area contributed by atoms with Gasteiger partial charge in [0.05, 0.1) is 12.6 Å².